The van der Waals surface area contributed by atoms with Gasteiger partial charge in [0.05, 0.1) is 0 Å². The van der Waals surface area contributed by atoms with Crippen LogP contribution in [0.5, 0.6) is 0 Å². The highest BCUT2D eigenvalue weighted by molar-refractivity contribution is 4.49. The summed E-state index contributed by atoms with van der Waals surface area (Å²) in [5.74, 6) is 0.315. The summed E-state index contributed by atoms with van der Waals surface area (Å²) < 4.78 is 34.1. The standard InChI is InChI=1S/C10H22O/c1-5-9(3)7-11-8-10(4)6-2/h9-10H,5-8H2,1-4H3/i1D,2D,3D,4D. The summed E-state index contributed by atoms with van der Waals surface area (Å²) in [6.45, 7) is 2.36. The Hall–Kier alpha value is -0.0400. The minimum atomic E-state index is 0.157. The highest BCUT2D eigenvalue weighted by atomic mass is 16.5. The van der Waals surface area contributed by atoms with Crippen molar-refractivity contribution in [1.82, 2.24) is 0 Å². The molecule has 0 aliphatic carbocycles. The molecule has 1 nitrogen and oxygen atoms in total. The molecule has 0 aliphatic heterocycles. The van der Waals surface area contributed by atoms with Crippen LogP contribution < -0.4 is 0 Å². The van der Waals surface area contributed by atoms with E-state index in [1.54, 1.807) is 0 Å². The monoisotopic (exact) mass is 162 g/mol. The number of ether oxygens (including phenoxy) is 1. The van der Waals surface area contributed by atoms with E-state index in [4.69, 9.17) is 10.2 Å². The van der Waals surface area contributed by atoms with E-state index in [2.05, 4.69) is 0 Å². The van der Waals surface area contributed by atoms with E-state index in [-0.39, 0.29) is 11.8 Å². The highest BCUT2D eigenvalue weighted by Crippen LogP contribution is 2.04. The molecule has 0 rings (SSSR count). The molecule has 0 N–H and O–H groups in total. The van der Waals surface area contributed by atoms with Gasteiger partial charge in [0.1, 0.15) is 0 Å². The third-order valence-corrected chi connectivity index (χ3v) is 1.52. The van der Waals surface area contributed by atoms with Gasteiger partial charge in [-0.3, -0.25) is 0 Å². The Balaban J connectivity index is 3.55. The van der Waals surface area contributed by atoms with Gasteiger partial charge in [-0.1, -0.05) is 40.4 Å². The fourth-order valence-electron chi connectivity index (χ4n) is 0.568. The molecule has 2 unspecified atom stereocenters. The normalized spacial score (nSPS) is 21.1. The van der Waals surface area contributed by atoms with Crippen molar-refractivity contribution in [2.45, 2.75) is 40.4 Å². The molecule has 0 aromatic rings. The van der Waals surface area contributed by atoms with Gasteiger partial charge in [-0.05, 0) is 11.8 Å². The maximum atomic E-state index is 7.24. The lowest BCUT2D eigenvalue weighted by atomic mass is 10.1. The first-order valence-corrected chi connectivity index (χ1v) is 4.03. The highest BCUT2D eigenvalue weighted by Gasteiger charge is 2.01. The van der Waals surface area contributed by atoms with E-state index in [0.717, 1.165) is 0 Å². The van der Waals surface area contributed by atoms with E-state index >= 15 is 0 Å². The van der Waals surface area contributed by atoms with Gasteiger partial charge in [0, 0.05) is 18.7 Å². The van der Waals surface area contributed by atoms with Crippen molar-refractivity contribution in [3.8, 4) is 0 Å². The molecule has 68 valence electrons. The van der Waals surface area contributed by atoms with Crippen LogP contribution in [-0.2, 0) is 4.74 Å². The van der Waals surface area contributed by atoms with Crippen LogP contribution in [0.15, 0.2) is 0 Å². The molecule has 2 atom stereocenters. The van der Waals surface area contributed by atoms with E-state index in [9.17, 15) is 0 Å². The topological polar surface area (TPSA) is 9.23 Å². The molecule has 0 aromatic heterocycles. The van der Waals surface area contributed by atoms with E-state index in [1.807, 2.05) is 0 Å². The molecule has 0 fully saturated rings. The Bertz CT molecular complexity index is 121. The van der Waals surface area contributed by atoms with Crippen LogP contribution in [0.3, 0.4) is 0 Å². The average Bonchev–Trinajstić information content (AvgIpc) is 2.26. The largest absolute Gasteiger partial charge is 0.381 e. The number of hydrogen-bond acceptors (Lipinski definition) is 1. The second kappa shape index (κ2) is 6.66. The summed E-state index contributed by atoms with van der Waals surface area (Å²) in [5, 5.41) is 0. The van der Waals surface area contributed by atoms with Gasteiger partial charge in [-0.2, -0.15) is 0 Å². The quantitative estimate of drug-likeness (QED) is 0.583. The summed E-state index contributed by atoms with van der Waals surface area (Å²) in [5.41, 5.74) is 0. The van der Waals surface area contributed by atoms with Crippen molar-refractivity contribution in [3.05, 3.63) is 0 Å². The van der Waals surface area contributed by atoms with Crippen molar-refractivity contribution < 1.29 is 10.2 Å². The summed E-state index contributed by atoms with van der Waals surface area (Å²) in [4.78, 5) is 0. The Morgan fingerprint density at radius 2 is 1.64 bits per heavy atom. The lowest BCUT2D eigenvalue weighted by Gasteiger charge is -2.12. The molecule has 0 radical (unpaired) electrons. The minimum absolute atomic E-state index is 0.157. The van der Waals surface area contributed by atoms with Crippen LogP contribution in [-0.4, -0.2) is 13.2 Å². The zero-order valence-corrected chi connectivity index (χ0v) is 7.22. The summed E-state index contributed by atoms with van der Waals surface area (Å²) >= 11 is 0. The fraction of sp³-hybridized carbons (Fsp3) is 1.00. The molecule has 1 heteroatoms. The van der Waals surface area contributed by atoms with Crippen LogP contribution >= 0.6 is 0 Å². The Kier molecular flexibility index (Phi) is 3.38. The molecule has 0 amide bonds. The Labute approximate surface area is 76.8 Å². The predicted octanol–water partition coefficient (Wildman–Crippen LogP) is 3.10. The molecule has 0 saturated heterocycles. The van der Waals surface area contributed by atoms with Gasteiger partial charge in [0.2, 0.25) is 0 Å². The minimum Gasteiger partial charge on any atom is -0.381 e. The van der Waals surface area contributed by atoms with Gasteiger partial charge in [-0.25, -0.2) is 0 Å². The molecule has 0 bridgehead atoms. The van der Waals surface area contributed by atoms with E-state index in [0.29, 0.717) is 53.7 Å². The van der Waals surface area contributed by atoms with Crippen molar-refractivity contribution in [2.24, 2.45) is 11.8 Å². The zero-order chi connectivity index (χ0) is 11.5. The average molecular weight is 162 g/mol. The van der Waals surface area contributed by atoms with Crippen LogP contribution in [0.25, 0.3) is 0 Å². The van der Waals surface area contributed by atoms with Crippen molar-refractivity contribution in [2.75, 3.05) is 13.2 Å². The maximum Gasteiger partial charge on any atom is 0.0491 e. The van der Waals surface area contributed by atoms with Gasteiger partial charge in [0.15, 0.2) is 0 Å². The van der Waals surface area contributed by atoms with Crippen molar-refractivity contribution in [3.63, 3.8) is 0 Å². The van der Waals surface area contributed by atoms with Gasteiger partial charge in [-0.15, -0.1) is 0 Å². The lowest BCUT2D eigenvalue weighted by molar-refractivity contribution is 0.0780. The molecule has 0 spiro atoms. The van der Waals surface area contributed by atoms with Crippen LogP contribution in [0.1, 0.15) is 45.9 Å². The van der Waals surface area contributed by atoms with Crippen molar-refractivity contribution >= 4 is 0 Å². The van der Waals surface area contributed by atoms with Gasteiger partial charge in [0.25, 0.3) is 0 Å². The first kappa shape index (κ1) is 5.58. The first-order valence-electron chi connectivity index (χ1n) is 6.86. The number of rotatable bonds is 6. The molecule has 0 aliphatic rings. The van der Waals surface area contributed by atoms with E-state index < -0.39 is 0 Å². The van der Waals surface area contributed by atoms with Crippen LogP contribution in [0.2, 0.25) is 0 Å². The third kappa shape index (κ3) is 6.36. The first-order chi connectivity index (χ1) is 7.28. The van der Waals surface area contributed by atoms with Gasteiger partial charge >= 0.3 is 0 Å². The van der Waals surface area contributed by atoms with Crippen LogP contribution in [0, 0.1) is 11.8 Å². The van der Waals surface area contributed by atoms with Crippen LogP contribution in [0.4, 0.5) is 0 Å². The molecule has 11 heavy (non-hydrogen) atoms. The van der Waals surface area contributed by atoms with Gasteiger partial charge < -0.3 is 4.74 Å². The summed E-state index contributed by atoms with van der Waals surface area (Å²) in [6.07, 6.45) is 1.43. The smallest absolute Gasteiger partial charge is 0.0491 e. The molecule has 0 saturated carbocycles. The maximum absolute atomic E-state index is 7.24. The molecular formula is C10H22O. The molecule has 0 aromatic carbocycles. The molecular weight excluding hydrogens is 136 g/mol. The second-order valence-electron chi connectivity index (χ2n) is 2.85. The van der Waals surface area contributed by atoms with Crippen molar-refractivity contribution in [1.29, 1.82) is 0 Å². The fourth-order valence-corrected chi connectivity index (χ4v) is 0.568. The SMILES string of the molecule is [2H]CCC(C[2H])COCC(C[2H])CC[2H]. The molecule has 0 heterocycles. The zero-order valence-electron chi connectivity index (χ0n) is 11.2. The second-order valence-corrected chi connectivity index (χ2v) is 2.85. The summed E-state index contributed by atoms with van der Waals surface area (Å²) in [7, 11) is 0. The third-order valence-electron chi connectivity index (χ3n) is 1.52. The number of hydrogen-bond donors (Lipinski definition) is 0. The summed E-state index contributed by atoms with van der Waals surface area (Å²) in [6, 6.07) is 0. The lowest BCUT2D eigenvalue weighted by Crippen LogP contribution is -2.10. The predicted molar refractivity (Wildman–Crippen MR) is 49.7 cm³/mol. The Morgan fingerprint density at radius 3 is 2.00 bits per heavy atom. The van der Waals surface area contributed by atoms with E-state index in [1.165, 1.54) is 0 Å². The Morgan fingerprint density at radius 1 is 1.09 bits per heavy atom.